The molecule has 0 bridgehead atoms. The molecular weight excluding hydrogens is 474 g/mol. The van der Waals surface area contributed by atoms with Gasteiger partial charge < -0.3 is 15.0 Å². The number of thioether (sulfide) groups is 1. The smallest absolute Gasteiger partial charge is 0.410 e. The van der Waals surface area contributed by atoms with Crippen molar-refractivity contribution < 1.29 is 23.4 Å². The molecule has 34 heavy (non-hydrogen) atoms. The molecule has 1 saturated heterocycles. The molecule has 10 heteroatoms. The Kier molecular flexibility index (Phi) is 7.86. The number of hydrogen-bond donors (Lipinski definition) is 3. The summed E-state index contributed by atoms with van der Waals surface area (Å²) in [4.78, 5) is 27.5. The van der Waals surface area contributed by atoms with Gasteiger partial charge in [0.1, 0.15) is 16.2 Å². The summed E-state index contributed by atoms with van der Waals surface area (Å²) in [6.07, 6.45) is 0.606. The number of likely N-dealkylation sites (tertiary alicyclic amines) is 1. The lowest BCUT2D eigenvalue weighted by Gasteiger charge is -2.45. The first kappa shape index (κ1) is 26.7. The average Bonchev–Trinajstić information content (AvgIpc) is 3.24. The van der Waals surface area contributed by atoms with E-state index in [1.807, 2.05) is 39.0 Å². The Balaban J connectivity index is 1.64. The fourth-order valence-corrected chi connectivity index (χ4v) is 7.30. The fourth-order valence-electron chi connectivity index (χ4n) is 4.04. The molecule has 1 aromatic rings. The second-order valence-electron chi connectivity index (χ2n) is 10.5. The maximum Gasteiger partial charge on any atom is 0.410 e. The van der Waals surface area contributed by atoms with Crippen molar-refractivity contribution in [2.24, 2.45) is 0 Å². The number of benzene rings is 1. The molecule has 1 atom stereocenters. The SMILES string of the molecule is CC(C)(C)OC(=O)N1CCC(SCCNC2=C(c3ccccc3)S(O)(O)N(C(C)(C)C)C2=O)C1. The van der Waals surface area contributed by atoms with Gasteiger partial charge in [0.2, 0.25) is 0 Å². The molecule has 2 heterocycles. The van der Waals surface area contributed by atoms with E-state index >= 15 is 0 Å². The van der Waals surface area contributed by atoms with E-state index in [0.29, 0.717) is 36.2 Å². The Morgan fingerprint density at radius 2 is 1.82 bits per heavy atom. The molecule has 0 aliphatic carbocycles. The van der Waals surface area contributed by atoms with Gasteiger partial charge in [-0.05, 0) is 48.0 Å². The van der Waals surface area contributed by atoms with Gasteiger partial charge in [0.05, 0.1) is 5.54 Å². The first-order valence-electron chi connectivity index (χ1n) is 11.5. The predicted molar refractivity (Wildman–Crippen MR) is 139 cm³/mol. The summed E-state index contributed by atoms with van der Waals surface area (Å²) in [6.45, 7) is 12.7. The number of carbonyl (C=O) groups is 2. The highest BCUT2D eigenvalue weighted by Crippen LogP contribution is 2.63. The number of nitrogens with zero attached hydrogens (tertiary/aromatic N) is 2. The van der Waals surface area contributed by atoms with Gasteiger partial charge in [-0.1, -0.05) is 41.1 Å². The predicted octanol–water partition coefficient (Wildman–Crippen LogP) is 4.99. The number of ether oxygens (including phenoxy) is 1. The van der Waals surface area contributed by atoms with Gasteiger partial charge in [-0.3, -0.25) is 13.9 Å². The summed E-state index contributed by atoms with van der Waals surface area (Å²) in [6, 6.07) is 9.03. The molecule has 0 saturated carbocycles. The van der Waals surface area contributed by atoms with Gasteiger partial charge in [0, 0.05) is 36.2 Å². The Morgan fingerprint density at radius 3 is 2.41 bits per heavy atom. The normalized spacial score (nSPS) is 21.8. The first-order valence-corrected chi connectivity index (χ1v) is 14.0. The van der Waals surface area contributed by atoms with E-state index in [4.69, 9.17) is 4.74 Å². The van der Waals surface area contributed by atoms with Gasteiger partial charge in [-0.25, -0.2) is 9.10 Å². The van der Waals surface area contributed by atoms with Crippen LogP contribution in [0.3, 0.4) is 0 Å². The summed E-state index contributed by atoms with van der Waals surface area (Å²) in [5, 5.41) is 3.48. The second kappa shape index (κ2) is 10.0. The summed E-state index contributed by atoms with van der Waals surface area (Å²) in [5.41, 5.74) is -0.421. The van der Waals surface area contributed by atoms with Crippen molar-refractivity contribution in [3.63, 3.8) is 0 Å². The summed E-state index contributed by atoms with van der Waals surface area (Å²) < 4.78 is 28.9. The number of carbonyl (C=O) groups excluding carboxylic acids is 2. The molecule has 1 fully saturated rings. The lowest BCUT2D eigenvalue weighted by Crippen LogP contribution is -2.45. The molecule has 0 radical (unpaired) electrons. The molecule has 0 aromatic heterocycles. The van der Waals surface area contributed by atoms with Crippen LogP contribution in [0, 0.1) is 0 Å². The van der Waals surface area contributed by atoms with Crippen LogP contribution in [0.4, 0.5) is 4.79 Å². The van der Waals surface area contributed by atoms with Crippen LogP contribution in [-0.4, -0.2) is 72.1 Å². The Bertz CT molecular complexity index is 938. The molecule has 3 N–H and O–H groups in total. The van der Waals surface area contributed by atoms with Gasteiger partial charge in [-0.15, -0.1) is 0 Å². The van der Waals surface area contributed by atoms with Gasteiger partial charge in [0.15, 0.2) is 0 Å². The summed E-state index contributed by atoms with van der Waals surface area (Å²) >= 11 is 1.73. The number of hydrogen-bond acceptors (Lipinski definition) is 7. The second-order valence-corrected chi connectivity index (χ2v) is 13.7. The average molecular weight is 512 g/mol. The van der Waals surface area contributed by atoms with Crippen LogP contribution in [0.5, 0.6) is 0 Å². The largest absolute Gasteiger partial charge is 0.444 e. The Morgan fingerprint density at radius 1 is 1.18 bits per heavy atom. The van der Waals surface area contributed by atoms with Crippen molar-refractivity contribution in [1.82, 2.24) is 14.5 Å². The van der Waals surface area contributed by atoms with E-state index in [-0.39, 0.29) is 16.7 Å². The van der Waals surface area contributed by atoms with Crippen molar-refractivity contribution in [2.45, 2.75) is 64.4 Å². The van der Waals surface area contributed by atoms with Crippen LogP contribution in [0.25, 0.3) is 4.91 Å². The van der Waals surface area contributed by atoms with Crippen LogP contribution in [0.1, 0.15) is 53.5 Å². The van der Waals surface area contributed by atoms with Gasteiger partial charge in [-0.2, -0.15) is 11.8 Å². The lowest BCUT2D eigenvalue weighted by atomic mass is 10.1. The Hall–Kier alpha value is -1.88. The zero-order chi connectivity index (χ0) is 25.3. The zero-order valence-corrected chi connectivity index (χ0v) is 22.5. The molecule has 8 nitrogen and oxygen atoms in total. The van der Waals surface area contributed by atoms with E-state index in [0.717, 1.165) is 6.42 Å². The number of nitrogens with one attached hydrogen (secondary N) is 1. The summed E-state index contributed by atoms with van der Waals surface area (Å²) in [5.74, 6) is 0.300. The lowest BCUT2D eigenvalue weighted by molar-refractivity contribution is -0.125. The summed E-state index contributed by atoms with van der Waals surface area (Å²) in [7, 11) is -3.49. The van der Waals surface area contributed by atoms with E-state index in [9.17, 15) is 18.7 Å². The van der Waals surface area contributed by atoms with Crippen LogP contribution < -0.4 is 5.32 Å². The van der Waals surface area contributed by atoms with E-state index in [1.54, 1.807) is 49.6 Å². The molecule has 3 rings (SSSR count). The van der Waals surface area contributed by atoms with Crippen LogP contribution in [0.2, 0.25) is 0 Å². The third-order valence-electron chi connectivity index (χ3n) is 5.35. The molecule has 1 aromatic carbocycles. The van der Waals surface area contributed by atoms with Gasteiger partial charge >= 0.3 is 6.09 Å². The van der Waals surface area contributed by atoms with E-state index in [2.05, 4.69) is 5.32 Å². The standard InChI is InChI=1S/C24H37N3O5S2/c1-23(2,3)27-21(28)19(20(34(27,30)31)17-10-8-7-9-11-17)25-13-15-33-18-12-14-26(16-18)22(29)32-24(4,5)6/h7-11,18,25,30-31H,12-16H2,1-6H3. The third-order valence-corrected chi connectivity index (χ3v) is 8.86. The van der Waals surface area contributed by atoms with Crippen LogP contribution >= 0.6 is 22.5 Å². The monoisotopic (exact) mass is 511 g/mol. The van der Waals surface area contributed by atoms with E-state index in [1.165, 1.54) is 4.31 Å². The first-order chi connectivity index (χ1) is 15.7. The third kappa shape index (κ3) is 6.02. The fraction of sp³-hybridized carbons (Fsp3) is 0.583. The van der Waals surface area contributed by atoms with Crippen molar-refractivity contribution in [3.8, 4) is 0 Å². The van der Waals surface area contributed by atoms with E-state index < -0.39 is 27.8 Å². The zero-order valence-electron chi connectivity index (χ0n) is 20.8. The van der Waals surface area contributed by atoms with Crippen molar-refractivity contribution >= 4 is 39.4 Å². The maximum absolute atomic E-state index is 13.3. The van der Waals surface area contributed by atoms with Crippen molar-refractivity contribution in [2.75, 3.05) is 25.4 Å². The highest BCUT2D eigenvalue weighted by molar-refractivity contribution is 8.31. The highest BCUT2D eigenvalue weighted by Gasteiger charge is 2.49. The molecule has 1 unspecified atom stereocenters. The van der Waals surface area contributed by atoms with Crippen LogP contribution in [0.15, 0.2) is 36.0 Å². The molecule has 190 valence electrons. The van der Waals surface area contributed by atoms with Crippen molar-refractivity contribution in [1.29, 1.82) is 0 Å². The highest BCUT2D eigenvalue weighted by atomic mass is 32.3. The quantitative estimate of drug-likeness (QED) is 0.462. The topological polar surface area (TPSA) is 102 Å². The minimum atomic E-state index is -3.49. The molecule has 2 aliphatic rings. The number of rotatable bonds is 6. The minimum absolute atomic E-state index is 0.239. The Labute approximate surface area is 208 Å². The molecule has 0 spiro atoms. The van der Waals surface area contributed by atoms with Crippen LogP contribution in [-0.2, 0) is 9.53 Å². The molecule has 2 amide bonds. The number of amides is 2. The van der Waals surface area contributed by atoms with Gasteiger partial charge in [0.25, 0.3) is 5.91 Å². The van der Waals surface area contributed by atoms with Crippen molar-refractivity contribution in [3.05, 3.63) is 41.6 Å². The minimum Gasteiger partial charge on any atom is -0.444 e. The molecule has 2 aliphatic heterocycles. The molecular formula is C24H37N3O5S2. The maximum atomic E-state index is 13.3.